The number of nitrogens with zero attached hydrogens (tertiary/aromatic N) is 1. The molecular formula is C10H14BrN3O. The van der Waals surface area contributed by atoms with Crippen LogP contribution in [0.2, 0.25) is 0 Å². The first-order valence-corrected chi connectivity index (χ1v) is 5.32. The maximum absolute atomic E-state index is 11.3. The molecule has 0 spiro atoms. The van der Waals surface area contributed by atoms with E-state index in [-0.39, 0.29) is 18.4 Å². The molecule has 0 aliphatic rings. The number of rotatable bonds is 3. The van der Waals surface area contributed by atoms with Crippen molar-refractivity contribution < 1.29 is 4.79 Å². The van der Waals surface area contributed by atoms with Gasteiger partial charge in [0.05, 0.1) is 0 Å². The van der Waals surface area contributed by atoms with Gasteiger partial charge in [-0.15, -0.1) is 0 Å². The van der Waals surface area contributed by atoms with Crippen LogP contribution in [-0.4, -0.2) is 18.0 Å². The Hall–Kier alpha value is -0.910. The van der Waals surface area contributed by atoms with Gasteiger partial charge in [-0.05, 0) is 17.7 Å². The average molecular weight is 272 g/mol. The second kappa shape index (κ2) is 5.25. The molecule has 1 amide bonds. The fourth-order valence-corrected chi connectivity index (χ4v) is 1.60. The molecule has 15 heavy (non-hydrogen) atoms. The largest absolute Gasteiger partial charge is 0.324 e. The van der Waals surface area contributed by atoms with Gasteiger partial charge in [0, 0.05) is 24.0 Å². The maximum Gasteiger partial charge on any atom is 0.238 e. The van der Waals surface area contributed by atoms with Gasteiger partial charge in [-0.1, -0.05) is 28.1 Å². The van der Waals surface area contributed by atoms with Gasteiger partial charge in [-0.25, -0.2) is 5.84 Å². The second-order valence-corrected chi connectivity index (χ2v) is 4.29. The van der Waals surface area contributed by atoms with Crippen LogP contribution in [-0.2, 0) is 4.79 Å². The van der Waals surface area contributed by atoms with E-state index < -0.39 is 0 Å². The summed E-state index contributed by atoms with van der Waals surface area (Å²) in [6.07, 6.45) is 0.212. The van der Waals surface area contributed by atoms with Crippen molar-refractivity contribution in [3.05, 3.63) is 34.3 Å². The lowest BCUT2D eigenvalue weighted by Gasteiger charge is -2.15. The zero-order valence-corrected chi connectivity index (χ0v) is 10.1. The van der Waals surface area contributed by atoms with Crippen LogP contribution < -0.4 is 11.6 Å². The van der Waals surface area contributed by atoms with Gasteiger partial charge in [0.15, 0.2) is 0 Å². The van der Waals surface area contributed by atoms with Crippen LogP contribution >= 0.6 is 15.9 Å². The number of carbonyl (C=O) groups excluding carboxylic acids is 1. The van der Waals surface area contributed by atoms with Crippen molar-refractivity contribution in [3.8, 4) is 0 Å². The lowest BCUT2D eigenvalue weighted by atomic mass is 10.0. The summed E-state index contributed by atoms with van der Waals surface area (Å²) in [4.78, 5) is 11.3. The van der Waals surface area contributed by atoms with Crippen LogP contribution in [0, 0.1) is 0 Å². The predicted octanol–water partition coefficient (Wildman–Crippen LogP) is 1.17. The first-order valence-electron chi connectivity index (χ1n) is 4.53. The summed E-state index contributed by atoms with van der Waals surface area (Å²) in [7, 11) is 1.51. The lowest BCUT2D eigenvalue weighted by molar-refractivity contribution is -0.130. The Morgan fingerprint density at radius 1 is 1.60 bits per heavy atom. The van der Waals surface area contributed by atoms with E-state index >= 15 is 0 Å². The van der Waals surface area contributed by atoms with Gasteiger partial charge in [-0.3, -0.25) is 9.80 Å². The number of carbonyl (C=O) groups is 1. The van der Waals surface area contributed by atoms with E-state index in [0.29, 0.717) is 0 Å². The van der Waals surface area contributed by atoms with Crippen molar-refractivity contribution in [1.29, 1.82) is 0 Å². The standard InChI is InChI=1S/C10H14BrN3O/c1-14(13)10(15)6-9(12)7-3-2-4-8(11)5-7/h2-5,9H,6,12-13H2,1H3. The van der Waals surface area contributed by atoms with E-state index in [0.717, 1.165) is 15.0 Å². The molecule has 1 aromatic carbocycles. The molecule has 4 nitrogen and oxygen atoms in total. The summed E-state index contributed by atoms with van der Waals surface area (Å²) >= 11 is 3.35. The molecule has 0 saturated carbocycles. The molecule has 0 bridgehead atoms. The van der Waals surface area contributed by atoms with Crippen LogP contribution in [0.1, 0.15) is 18.0 Å². The fourth-order valence-electron chi connectivity index (χ4n) is 1.19. The minimum Gasteiger partial charge on any atom is -0.324 e. The zero-order valence-electron chi connectivity index (χ0n) is 8.48. The maximum atomic E-state index is 11.3. The lowest BCUT2D eigenvalue weighted by Crippen LogP contribution is -2.35. The molecule has 0 aromatic heterocycles. The molecule has 4 N–H and O–H groups in total. The smallest absolute Gasteiger partial charge is 0.238 e. The minimum absolute atomic E-state index is 0.178. The highest BCUT2D eigenvalue weighted by molar-refractivity contribution is 9.10. The monoisotopic (exact) mass is 271 g/mol. The zero-order chi connectivity index (χ0) is 11.4. The molecule has 1 rings (SSSR count). The molecule has 0 radical (unpaired) electrons. The van der Waals surface area contributed by atoms with Crippen LogP contribution in [0.5, 0.6) is 0 Å². The van der Waals surface area contributed by atoms with E-state index in [1.807, 2.05) is 24.3 Å². The van der Waals surface area contributed by atoms with Crippen molar-refractivity contribution in [1.82, 2.24) is 5.01 Å². The number of hydrogen-bond donors (Lipinski definition) is 2. The molecule has 0 saturated heterocycles. The molecule has 1 aromatic rings. The Morgan fingerprint density at radius 2 is 2.27 bits per heavy atom. The van der Waals surface area contributed by atoms with Crippen molar-refractivity contribution in [2.45, 2.75) is 12.5 Å². The van der Waals surface area contributed by atoms with E-state index in [9.17, 15) is 4.79 Å². The molecule has 0 aliphatic heterocycles. The topological polar surface area (TPSA) is 72.3 Å². The third kappa shape index (κ3) is 3.62. The Balaban J connectivity index is 2.69. The summed E-state index contributed by atoms with van der Waals surface area (Å²) in [6.45, 7) is 0. The summed E-state index contributed by atoms with van der Waals surface area (Å²) in [5.74, 6) is 5.13. The van der Waals surface area contributed by atoms with Gasteiger partial charge in [0.1, 0.15) is 0 Å². The highest BCUT2D eigenvalue weighted by Gasteiger charge is 2.13. The van der Waals surface area contributed by atoms with Crippen LogP contribution in [0.4, 0.5) is 0 Å². The molecule has 0 aliphatic carbocycles. The number of hydrazine groups is 1. The van der Waals surface area contributed by atoms with Crippen molar-refractivity contribution in [2.24, 2.45) is 11.6 Å². The van der Waals surface area contributed by atoms with Gasteiger partial charge in [0.2, 0.25) is 5.91 Å². The van der Waals surface area contributed by atoms with Crippen molar-refractivity contribution in [2.75, 3.05) is 7.05 Å². The molecule has 0 heterocycles. The van der Waals surface area contributed by atoms with Crippen molar-refractivity contribution in [3.63, 3.8) is 0 Å². The molecule has 1 unspecified atom stereocenters. The fraction of sp³-hybridized carbons (Fsp3) is 0.300. The molecule has 5 heteroatoms. The highest BCUT2D eigenvalue weighted by atomic mass is 79.9. The highest BCUT2D eigenvalue weighted by Crippen LogP contribution is 2.18. The van der Waals surface area contributed by atoms with Gasteiger partial charge in [0.25, 0.3) is 0 Å². The quantitative estimate of drug-likeness (QED) is 0.493. The third-order valence-electron chi connectivity index (χ3n) is 2.06. The van der Waals surface area contributed by atoms with E-state index in [2.05, 4.69) is 15.9 Å². The van der Waals surface area contributed by atoms with Gasteiger partial charge in [-0.2, -0.15) is 0 Å². The summed E-state index contributed by atoms with van der Waals surface area (Å²) < 4.78 is 0.948. The Bertz CT molecular complexity index is 354. The average Bonchev–Trinajstić information content (AvgIpc) is 2.17. The second-order valence-electron chi connectivity index (χ2n) is 3.37. The Morgan fingerprint density at radius 3 is 2.80 bits per heavy atom. The first kappa shape index (κ1) is 12.2. The first-order chi connectivity index (χ1) is 7.00. The van der Waals surface area contributed by atoms with E-state index in [1.165, 1.54) is 7.05 Å². The summed E-state index contributed by atoms with van der Waals surface area (Å²) in [6, 6.07) is 7.26. The predicted molar refractivity (Wildman–Crippen MR) is 62.6 cm³/mol. The minimum atomic E-state index is -0.319. The van der Waals surface area contributed by atoms with Gasteiger partial charge >= 0.3 is 0 Å². The Labute approximate surface area is 97.3 Å². The van der Waals surface area contributed by atoms with Crippen LogP contribution in [0.25, 0.3) is 0 Å². The van der Waals surface area contributed by atoms with E-state index in [4.69, 9.17) is 11.6 Å². The number of halogens is 1. The van der Waals surface area contributed by atoms with Gasteiger partial charge < -0.3 is 5.73 Å². The van der Waals surface area contributed by atoms with E-state index in [1.54, 1.807) is 0 Å². The number of benzene rings is 1. The number of hydrogen-bond acceptors (Lipinski definition) is 3. The molecule has 0 fully saturated rings. The summed E-state index contributed by atoms with van der Waals surface area (Å²) in [5.41, 5.74) is 6.79. The normalized spacial score (nSPS) is 12.3. The van der Waals surface area contributed by atoms with Crippen molar-refractivity contribution >= 4 is 21.8 Å². The SMILES string of the molecule is CN(N)C(=O)CC(N)c1cccc(Br)c1. The summed E-state index contributed by atoms with van der Waals surface area (Å²) in [5, 5.41) is 1.05. The molecular weight excluding hydrogens is 258 g/mol. The van der Waals surface area contributed by atoms with Crippen LogP contribution in [0.3, 0.4) is 0 Å². The number of amides is 1. The third-order valence-corrected chi connectivity index (χ3v) is 2.56. The Kier molecular flexibility index (Phi) is 4.26. The molecule has 1 atom stereocenters. The van der Waals surface area contributed by atoms with Crippen LogP contribution in [0.15, 0.2) is 28.7 Å². The molecule has 82 valence electrons. The number of nitrogens with two attached hydrogens (primary N) is 2.